The van der Waals surface area contributed by atoms with Crippen LogP contribution in [0.1, 0.15) is 6.92 Å². The minimum absolute atomic E-state index is 0.0202. The lowest BCUT2D eigenvalue weighted by atomic mass is 10.2. The Hall–Kier alpha value is -3.24. The lowest BCUT2D eigenvalue weighted by Gasteiger charge is -2.39. The van der Waals surface area contributed by atoms with E-state index in [4.69, 9.17) is 9.47 Å². The topological polar surface area (TPSA) is 111 Å². The molecule has 3 rings (SSSR count). The highest BCUT2D eigenvalue weighted by molar-refractivity contribution is 5.38. The summed E-state index contributed by atoms with van der Waals surface area (Å²) in [5.74, 6) is 0.998. The van der Waals surface area contributed by atoms with Crippen LogP contribution in [0, 0.1) is 20.2 Å². The van der Waals surface area contributed by atoms with Crippen molar-refractivity contribution in [3.63, 3.8) is 0 Å². The Labute approximate surface area is 180 Å². The summed E-state index contributed by atoms with van der Waals surface area (Å²) in [5.41, 5.74) is 0.0406. The van der Waals surface area contributed by atoms with Crippen LogP contribution in [-0.4, -0.2) is 71.6 Å². The zero-order valence-corrected chi connectivity index (χ0v) is 17.4. The van der Waals surface area contributed by atoms with Crippen LogP contribution in [-0.2, 0) is 0 Å². The van der Waals surface area contributed by atoms with Crippen molar-refractivity contribution in [2.45, 2.75) is 13.0 Å². The Morgan fingerprint density at radius 1 is 0.903 bits per heavy atom. The van der Waals surface area contributed by atoms with Crippen LogP contribution in [0.4, 0.5) is 11.4 Å². The zero-order valence-electron chi connectivity index (χ0n) is 17.4. The molecule has 1 unspecified atom stereocenters. The zero-order chi connectivity index (χ0) is 22.2. The molecule has 0 N–H and O–H groups in total. The highest BCUT2D eigenvalue weighted by Crippen LogP contribution is 2.20. The minimum Gasteiger partial charge on any atom is -0.492 e. The standard InChI is InChI=1S/C21H26N4O6/c1-17-16-22(10-12-30-20-6-2-4-18(14-20)24(26)27)8-9-23(17)11-13-31-21-7-3-5-19(15-21)25(28)29/h2-7,14-15,17H,8-13,16H2,1H3. The van der Waals surface area contributed by atoms with Crippen LogP contribution in [0.2, 0.25) is 0 Å². The summed E-state index contributed by atoms with van der Waals surface area (Å²) in [6.45, 7) is 7.21. The van der Waals surface area contributed by atoms with Gasteiger partial charge in [-0.25, -0.2) is 0 Å². The Morgan fingerprint density at radius 3 is 1.97 bits per heavy atom. The number of rotatable bonds is 10. The van der Waals surface area contributed by atoms with Crippen molar-refractivity contribution in [3.8, 4) is 11.5 Å². The van der Waals surface area contributed by atoms with Crippen LogP contribution >= 0.6 is 0 Å². The van der Waals surface area contributed by atoms with Crippen molar-refractivity contribution in [3.05, 3.63) is 68.8 Å². The van der Waals surface area contributed by atoms with Gasteiger partial charge in [0.25, 0.3) is 11.4 Å². The molecule has 1 aliphatic heterocycles. The maximum Gasteiger partial charge on any atom is 0.273 e. The van der Waals surface area contributed by atoms with E-state index in [2.05, 4.69) is 16.7 Å². The van der Waals surface area contributed by atoms with Gasteiger partial charge in [-0.05, 0) is 19.1 Å². The van der Waals surface area contributed by atoms with Gasteiger partial charge in [-0.15, -0.1) is 0 Å². The Morgan fingerprint density at radius 2 is 1.45 bits per heavy atom. The lowest BCUT2D eigenvalue weighted by Crippen LogP contribution is -2.53. The van der Waals surface area contributed by atoms with E-state index >= 15 is 0 Å². The summed E-state index contributed by atoms with van der Waals surface area (Å²) in [6, 6.07) is 12.7. The van der Waals surface area contributed by atoms with E-state index in [-0.39, 0.29) is 11.4 Å². The number of benzene rings is 2. The third-order valence-electron chi connectivity index (χ3n) is 5.23. The number of nitro benzene ring substituents is 2. The van der Waals surface area contributed by atoms with Gasteiger partial charge >= 0.3 is 0 Å². The van der Waals surface area contributed by atoms with Gasteiger partial charge in [0.1, 0.15) is 24.7 Å². The first-order valence-corrected chi connectivity index (χ1v) is 10.1. The molecule has 1 aliphatic rings. The first kappa shape index (κ1) is 22.4. The first-order chi connectivity index (χ1) is 14.9. The summed E-state index contributed by atoms with van der Waals surface area (Å²) in [6.07, 6.45) is 0. The Balaban J connectivity index is 1.37. The Kier molecular flexibility index (Phi) is 7.74. The average Bonchev–Trinajstić information content (AvgIpc) is 2.75. The van der Waals surface area contributed by atoms with Crippen molar-refractivity contribution < 1.29 is 19.3 Å². The fourth-order valence-electron chi connectivity index (χ4n) is 3.55. The van der Waals surface area contributed by atoms with Crippen LogP contribution in [0.5, 0.6) is 11.5 Å². The SMILES string of the molecule is CC1CN(CCOc2cccc([N+](=O)[O-])c2)CCN1CCOc1cccc([N+](=O)[O-])c1. The number of hydrogen-bond donors (Lipinski definition) is 0. The second kappa shape index (κ2) is 10.7. The number of piperazine rings is 1. The highest BCUT2D eigenvalue weighted by atomic mass is 16.6. The van der Waals surface area contributed by atoms with E-state index in [0.717, 1.165) is 32.7 Å². The van der Waals surface area contributed by atoms with Gasteiger partial charge in [-0.1, -0.05) is 12.1 Å². The molecule has 0 radical (unpaired) electrons. The molecular formula is C21H26N4O6. The predicted octanol–water partition coefficient (Wildman–Crippen LogP) is 2.97. The van der Waals surface area contributed by atoms with E-state index in [1.165, 1.54) is 24.3 Å². The molecular weight excluding hydrogens is 404 g/mol. The molecule has 0 saturated carbocycles. The molecule has 166 valence electrons. The summed E-state index contributed by atoms with van der Waals surface area (Å²) >= 11 is 0. The van der Waals surface area contributed by atoms with Crippen molar-refractivity contribution >= 4 is 11.4 Å². The maximum atomic E-state index is 10.8. The lowest BCUT2D eigenvalue weighted by molar-refractivity contribution is -0.385. The van der Waals surface area contributed by atoms with Gasteiger partial charge in [0, 0.05) is 50.9 Å². The largest absolute Gasteiger partial charge is 0.492 e. The molecule has 10 heteroatoms. The molecule has 1 heterocycles. The molecule has 0 aliphatic carbocycles. The molecule has 0 aromatic heterocycles. The minimum atomic E-state index is -0.434. The summed E-state index contributed by atoms with van der Waals surface area (Å²) in [5, 5.41) is 21.7. The predicted molar refractivity (Wildman–Crippen MR) is 115 cm³/mol. The van der Waals surface area contributed by atoms with E-state index in [1.807, 2.05) is 0 Å². The van der Waals surface area contributed by atoms with Gasteiger partial charge in [-0.3, -0.25) is 30.0 Å². The number of hydrogen-bond acceptors (Lipinski definition) is 8. The van der Waals surface area contributed by atoms with Crippen molar-refractivity contribution in [2.24, 2.45) is 0 Å². The summed E-state index contributed by atoms with van der Waals surface area (Å²) in [7, 11) is 0. The first-order valence-electron chi connectivity index (χ1n) is 10.1. The van der Waals surface area contributed by atoms with Crippen molar-refractivity contribution in [1.82, 2.24) is 9.80 Å². The average molecular weight is 430 g/mol. The van der Waals surface area contributed by atoms with Gasteiger partial charge < -0.3 is 9.47 Å². The quantitative estimate of drug-likeness (QED) is 0.418. The number of ether oxygens (including phenoxy) is 2. The molecule has 2 aromatic carbocycles. The molecule has 1 atom stereocenters. The van der Waals surface area contributed by atoms with E-state index in [0.29, 0.717) is 30.8 Å². The monoisotopic (exact) mass is 430 g/mol. The maximum absolute atomic E-state index is 10.8. The normalized spacial score (nSPS) is 17.3. The molecule has 0 amide bonds. The molecule has 31 heavy (non-hydrogen) atoms. The van der Waals surface area contributed by atoms with E-state index in [9.17, 15) is 20.2 Å². The number of non-ortho nitro benzene ring substituents is 2. The summed E-state index contributed by atoms with van der Waals surface area (Å²) in [4.78, 5) is 25.5. The number of nitro groups is 2. The summed E-state index contributed by atoms with van der Waals surface area (Å²) < 4.78 is 11.4. The molecule has 1 fully saturated rings. The van der Waals surface area contributed by atoms with Gasteiger partial charge in [0.05, 0.1) is 22.0 Å². The van der Waals surface area contributed by atoms with Crippen LogP contribution in [0.3, 0.4) is 0 Å². The van der Waals surface area contributed by atoms with Crippen LogP contribution < -0.4 is 9.47 Å². The van der Waals surface area contributed by atoms with Crippen molar-refractivity contribution in [1.29, 1.82) is 0 Å². The molecule has 10 nitrogen and oxygen atoms in total. The van der Waals surface area contributed by atoms with Crippen LogP contribution in [0.15, 0.2) is 48.5 Å². The molecule has 0 bridgehead atoms. The van der Waals surface area contributed by atoms with Crippen molar-refractivity contribution in [2.75, 3.05) is 45.9 Å². The van der Waals surface area contributed by atoms with E-state index in [1.54, 1.807) is 24.3 Å². The highest BCUT2D eigenvalue weighted by Gasteiger charge is 2.23. The number of nitrogens with zero attached hydrogens (tertiary/aromatic N) is 4. The molecule has 0 spiro atoms. The van der Waals surface area contributed by atoms with Gasteiger partial charge in [0.2, 0.25) is 0 Å². The van der Waals surface area contributed by atoms with E-state index < -0.39 is 9.85 Å². The second-order valence-electron chi connectivity index (χ2n) is 7.39. The van der Waals surface area contributed by atoms with Gasteiger partial charge in [-0.2, -0.15) is 0 Å². The Bertz CT molecular complexity index is 909. The molecule has 1 saturated heterocycles. The molecule has 2 aromatic rings. The smallest absolute Gasteiger partial charge is 0.273 e. The van der Waals surface area contributed by atoms with Gasteiger partial charge in [0.15, 0.2) is 0 Å². The second-order valence-corrected chi connectivity index (χ2v) is 7.39. The third kappa shape index (κ3) is 6.63. The fourth-order valence-corrected chi connectivity index (χ4v) is 3.55. The van der Waals surface area contributed by atoms with Crippen LogP contribution in [0.25, 0.3) is 0 Å². The third-order valence-corrected chi connectivity index (χ3v) is 5.23. The fraction of sp³-hybridized carbons (Fsp3) is 0.429.